The predicted molar refractivity (Wildman–Crippen MR) is 98.9 cm³/mol. The van der Waals surface area contributed by atoms with Crippen LogP contribution in [0.1, 0.15) is 29.6 Å². The summed E-state index contributed by atoms with van der Waals surface area (Å²) < 4.78 is 6.00. The maximum Gasteiger partial charge on any atom is 0.255 e. The number of amides is 1. The summed E-state index contributed by atoms with van der Waals surface area (Å²) in [6, 6.07) is 9.50. The molecule has 6 heteroatoms. The fourth-order valence-electron chi connectivity index (χ4n) is 4.16. The Morgan fingerprint density at radius 3 is 3.08 bits per heavy atom. The van der Waals surface area contributed by atoms with E-state index in [1.165, 1.54) is 0 Å². The summed E-state index contributed by atoms with van der Waals surface area (Å²) in [4.78, 5) is 23.2. The van der Waals surface area contributed by atoms with E-state index in [2.05, 4.69) is 15.3 Å². The molecule has 2 atom stereocenters. The van der Waals surface area contributed by atoms with Gasteiger partial charge in [0.1, 0.15) is 5.82 Å². The molecule has 0 unspecified atom stereocenters. The molecule has 2 saturated heterocycles. The fourth-order valence-corrected chi connectivity index (χ4v) is 4.16. The third-order valence-corrected chi connectivity index (χ3v) is 5.56. The van der Waals surface area contributed by atoms with Gasteiger partial charge >= 0.3 is 0 Å². The van der Waals surface area contributed by atoms with Crippen LogP contribution < -0.4 is 5.32 Å². The number of aromatic nitrogens is 2. The van der Waals surface area contributed by atoms with Crippen molar-refractivity contribution < 1.29 is 9.53 Å². The lowest BCUT2D eigenvalue weighted by atomic mass is 9.74. The molecule has 0 spiro atoms. The summed E-state index contributed by atoms with van der Waals surface area (Å²) in [6.45, 7) is 3.10. The first kappa shape index (κ1) is 17.0. The van der Waals surface area contributed by atoms with E-state index in [-0.39, 0.29) is 17.4 Å². The highest BCUT2D eigenvalue weighted by Crippen LogP contribution is 2.43. The molecule has 4 rings (SSSR count). The molecule has 136 valence electrons. The third kappa shape index (κ3) is 3.42. The van der Waals surface area contributed by atoms with Crippen LogP contribution in [0.25, 0.3) is 0 Å². The second-order valence-electron chi connectivity index (χ2n) is 7.12. The molecule has 26 heavy (non-hydrogen) atoms. The molecular formula is C20H24N4O2. The van der Waals surface area contributed by atoms with Crippen molar-refractivity contribution >= 4 is 11.7 Å². The number of carbonyl (C=O) groups excluding carboxylic acids is 1. The van der Waals surface area contributed by atoms with E-state index >= 15 is 0 Å². The number of fused-ring (bicyclic) bond motifs is 1. The minimum atomic E-state index is 0.0257. The highest BCUT2D eigenvalue weighted by atomic mass is 16.5. The number of nitrogens with one attached hydrogen (secondary N) is 1. The quantitative estimate of drug-likeness (QED) is 0.896. The van der Waals surface area contributed by atoms with Crippen molar-refractivity contribution in [2.75, 3.05) is 31.6 Å². The van der Waals surface area contributed by atoms with Gasteiger partial charge in [0.05, 0.1) is 11.7 Å². The molecule has 4 heterocycles. The Morgan fingerprint density at radius 1 is 1.31 bits per heavy atom. The molecule has 0 radical (unpaired) electrons. The predicted octanol–water partition coefficient (Wildman–Crippen LogP) is 2.60. The van der Waals surface area contributed by atoms with Gasteiger partial charge in [-0.1, -0.05) is 6.07 Å². The minimum absolute atomic E-state index is 0.0257. The standard InChI is InChI=1S/C20H24N4O2/c25-19(16-4-3-9-21-14-16)24-12-6-17-20(15-24,8-13-26-17)7-11-23-18-5-1-2-10-22-18/h1-5,9-10,14,17H,6-8,11-13,15H2,(H,22,23)/t17-,20+/m0/s1. The number of ether oxygens (including phenoxy) is 1. The van der Waals surface area contributed by atoms with Crippen LogP contribution in [0.5, 0.6) is 0 Å². The average molecular weight is 352 g/mol. The van der Waals surface area contributed by atoms with Crippen LogP contribution in [0.15, 0.2) is 48.9 Å². The molecule has 1 N–H and O–H groups in total. The van der Waals surface area contributed by atoms with Gasteiger partial charge in [-0.25, -0.2) is 4.98 Å². The lowest BCUT2D eigenvalue weighted by molar-refractivity contribution is -0.0150. The first-order chi connectivity index (χ1) is 12.8. The van der Waals surface area contributed by atoms with Crippen LogP contribution in [0.3, 0.4) is 0 Å². The van der Waals surface area contributed by atoms with Crippen LogP contribution in [0, 0.1) is 5.41 Å². The SMILES string of the molecule is O=C(c1cccnc1)N1CC[C@@H]2OCC[C@]2(CCNc2ccccn2)C1. The van der Waals surface area contributed by atoms with Gasteiger partial charge in [0, 0.05) is 50.2 Å². The summed E-state index contributed by atoms with van der Waals surface area (Å²) in [5.41, 5.74) is 0.685. The Kier molecular flexibility index (Phi) is 4.84. The zero-order valence-electron chi connectivity index (χ0n) is 14.8. The minimum Gasteiger partial charge on any atom is -0.377 e. The van der Waals surface area contributed by atoms with Gasteiger partial charge in [-0.3, -0.25) is 9.78 Å². The summed E-state index contributed by atoms with van der Waals surface area (Å²) in [7, 11) is 0. The van der Waals surface area contributed by atoms with Crippen molar-refractivity contribution in [3.05, 3.63) is 54.5 Å². The molecule has 0 aliphatic carbocycles. The van der Waals surface area contributed by atoms with E-state index in [9.17, 15) is 4.79 Å². The van der Waals surface area contributed by atoms with E-state index in [1.807, 2.05) is 35.2 Å². The normalized spacial score (nSPS) is 24.9. The summed E-state index contributed by atoms with van der Waals surface area (Å²) >= 11 is 0. The van der Waals surface area contributed by atoms with Gasteiger partial charge in [-0.2, -0.15) is 0 Å². The van der Waals surface area contributed by atoms with Crippen LogP contribution in [0.2, 0.25) is 0 Å². The van der Waals surface area contributed by atoms with Gasteiger partial charge in [0.2, 0.25) is 0 Å². The van der Waals surface area contributed by atoms with E-state index in [0.29, 0.717) is 5.56 Å². The van der Waals surface area contributed by atoms with Crippen molar-refractivity contribution in [3.63, 3.8) is 0 Å². The number of nitrogens with zero attached hydrogens (tertiary/aromatic N) is 3. The summed E-state index contributed by atoms with van der Waals surface area (Å²) in [5, 5.41) is 3.40. The Morgan fingerprint density at radius 2 is 2.27 bits per heavy atom. The molecular weight excluding hydrogens is 328 g/mol. The van der Waals surface area contributed by atoms with Crippen LogP contribution in [-0.2, 0) is 4.74 Å². The fraction of sp³-hybridized carbons (Fsp3) is 0.450. The van der Waals surface area contributed by atoms with Gasteiger partial charge < -0.3 is 15.0 Å². The number of hydrogen-bond donors (Lipinski definition) is 1. The van der Waals surface area contributed by atoms with E-state index in [0.717, 1.165) is 51.3 Å². The first-order valence-electron chi connectivity index (χ1n) is 9.23. The highest BCUT2D eigenvalue weighted by Gasteiger charge is 2.48. The molecule has 2 aromatic heterocycles. The molecule has 0 bridgehead atoms. The Hall–Kier alpha value is -2.47. The Balaban J connectivity index is 1.43. The largest absolute Gasteiger partial charge is 0.377 e. The summed E-state index contributed by atoms with van der Waals surface area (Å²) in [6.07, 6.45) is 8.23. The number of hydrogen-bond acceptors (Lipinski definition) is 5. The summed E-state index contributed by atoms with van der Waals surface area (Å²) in [5.74, 6) is 0.957. The first-order valence-corrected chi connectivity index (χ1v) is 9.23. The Bertz CT molecular complexity index is 740. The zero-order valence-corrected chi connectivity index (χ0v) is 14.8. The molecule has 1 amide bonds. The highest BCUT2D eigenvalue weighted by molar-refractivity contribution is 5.94. The number of likely N-dealkylation sites (tertiary alicyclic amines) is 1. The smallest absolute Gasteiger partial charge is 0.255 e. The number of carbonyl (C=O) groups is 1. The molecule has 2 aromatic rings. The molecule has 6 nitrogen and oxygen atoms in total. The van der Waals surface area contributed by atoms with Crippen molar-refractivity contribution in [2.45, 2.75) is 25.4 Å². The van der Waals surface area contributed by atoms with Crippen LogP contribution in [0.4, 0.5) is 5.82 Å². The Labute approximate surface area is 153 Å². The number of anilines is 1. The maximum atomic E-state index is 12.8. The molecule has 2 aliphatic rings. The molecule has 0 aromatic carbocycles. The molecule has 0 saturated carbocycles. The lowest BCUT2D eigenvalue weighted by Crippen LogP contribution is -2.52. The van der Waals surface area contributed by atoms with Gasteiger partial charge in [0.25, 0.3) is 5.91 Å². The molecule has 2 fully saturated rings. The van der Waals surface area contributed by atoms with Crippen molar-refractivity contribution in [3.8, 4) is 0 Å². The van der Waals surface area contributed by atoms with Crippen LogP contribution >= 0.6 is 0 Å². The van der Waals surface area contributed by atoms with Crippen molar-refractivity contribution in [1.29, 1.82) is 0 Å². The number of piperidine rings is 1. The van der Waals surface area contributed by atoms with Crippen LogP contribution in [-0.4, -0.2) is 53.1 Å². The van der Waals surface area contributed by atoms with Gasteiger partial charge in [0.15, 0.2) is 0 Å². The number of pyridine rings is 2. The zero-order chi connectivity index (χ0) is 17.8. The van der Waals surface area contributed by atoms with Crippen molar-refractivity contribution in [2.24, 2.45) is 5.41 Å². The van der Waals surface area contributed by atoms with Crippen molar-refractivity contribution in [1.82, 2.24) is 14.9 Å². The second kappa shape index (κ2) is 7.41. The van der Waals surface area contributed by atoms with Gasteiger partial charge in [-0.15, -0.1) is 0 Å². The maximum absolute atomic E-state index is 12.8. The van der Waals surface area contributed by atoms with E-state index in [1.54, 1.807) is 18.6 Å². The van der Waals surface area contributed by atoms with E-state index in [4.69, 9.17) is 4.74 Å². The average Bonchev–Trinajstić information content (AvgIpc) is 3.12. The number of rotatable bonds is 5. The molecule has 2 aliphatic heterocycles. The monoisotopic (exact) mass is 352 g/mol. The van der Waals surface area contributed by atoms with E-state index < -0.39 is 0 Å². The third-order valence-electron chi connectivity index (χ3n) is 5.56. The lowest BCUT2D eigenvalue weighted by Gasteiger charge is -2.44. The van der Waals surface area contributed by atoms with Gasteiger partial charge in [-0.05, 0) is 43.5 Å². The topological polar surface area (TPSA) is 67.4 Å². The second-order valence-corrected chi connectivity index (χ2v) is 7.12.